The smallest absolute Gasteiger partial charge is 0.137 e. The Morgan fingerprint density at radius 3 is 2.23 bits per heavy atom. The Bertz CT molecular complexity index is 605. The van der Waals surface area contributed by atoms with Gasteiger partial charge in [-0.3, -0.25) is 4.68 Å². The van der Waals surface area contributed by atoms with Crippen molar-refractivity contribution >= 4 is 0 Å². The first-order chi connectivity index (χ1) is 12.2. The van der Waals surface area contributed by atoms with Crippen LogP contribution in [0.4, 0.5) is 8.78 Å². The lowest BCUT2D eigenvalue weighted by molar-refractivity contribution is 0.0338. The molecule has 1 aliphatic rings. The van der Waals surface area contributed by atoms with E-state index >= 15 is 0 Å². The minimum absolute atomic E-state index is 0.00734. The van der Waals surface area contributed by atoms with Crippen molar-refractivity contribution < 1.29 is 18.6 Å². The predicted octanol–water partition coefficient (Wildman–Crippen LogP) is 3.91. The first-order valence-electron chi connectivity index (χ1n) is 8.68. The second-order valence-electron chi connectivity index (χ2n) is 6.29. The zero-order valence-electron chi connectivity index (χ0n) is 16.5. The van der Waals surface area contributed by atoms with Crippen molar-refractivity contribution in [1.82, 2.24) is 14.8 Å². The fourth-order valence-electron chi connectivity index (χ4n) is 2.11. The predicted molar refractivity (Wildman–Crippen MR) is 98.7 cm³/mol. The molecule has 2 heterocycles. The van der Waals surface area contributed by atoms with Gasteiger partial charge in [0.15, 0.2) is 0 Å². The number of hydrogen-bond donors (Lipinski definition) is 1. The number of aryl methyl sites for hydroxylation is 2. The van der Waals surface area contributed by atoms with Crippen LogP contribution in [0.2, 0.25) is 0 Å². The molecule has 3 rings (SSSR count). The highest BCUT2D eigenvalue weighted by Crippen LogP contribution is 2.28. The minimum atomic E-state index is -0.530. The van der Waals surface area contributed by atoms with E-state index in [0.717, 1.165) is 19.1 Å². The molecule has 7 heteroatoms. The Kier molecular flexibility index (Phi) is 11.6. The van der Waals surface area contributed by atoms with Crippen molar-refractivity contribution in [1.29, 1.82) is 0 Å². The lowest BCUT2D eigenvalue weighted by Gasteiger charge is -2.15. The molecule has 2 aromatic rings. The number of aliphatic hydroxyl groups is 1. The summed E-state index contributed by atoms with van der Waals surface area (Å²) in [6.07, 6.45) is 4.13. The van der Waals surface area contributed by atoms with E-state index in [1.165, 1.54) is 18.5 Å². The largest absolute Gasteiger partial charge is 0.396 e. The number of hydrogen-bond acceptors (Lipinski definition) is 4. The van der Waals surface area contributed by atoms with Crippen molar-refractivity contribution in [3.05, 3.63) is 48.1 Å². The van der Waals surface area contributed by atoms with Gasteiger partial charge < -0.3 is 9.84 Å². The van der Waals surface area contributed by atoms with Crippen molar-refractivity contribution in [3.8, 4) is 0 Å². The fraction of sp³-hybridized carbons (Fsp3) is 0.579. The van der Waals surface area contributed by atoms with Crippen LogP contribution in [0.1, 0.15) is 39.7 Å². The molecular formula is C19H31F2N3O2. The average molecular weight is 371 g/mol. The zero-order chi connectivity index (χ0) is 20.2. The van der Waals surface area contributed by atoms with Crippen LogP contribution in [0.25, 0.3) is 0 Å². The Morgan fingerprint density at radius 1 is 1.31 bits per heavy atom. The number of halogens is 2. The molecule has 0 saturated carbocycles. The standard InChI is InChI=1S/C7H6F2.C7H14O2.C3H5N3.C2H6/c1-5-2-3-6(8)4-7(5)9;1-7(2)3-6(4-8)5-9-7;1-6-3-4-2-5-6;1-2/h2-4H,1H3;6,8H,3-5H2,1-2H3;2-3H,1H3;1-2H3/t;6-;;/m.1../s1. The van der Waals surface area contributed by atoms with E-state index in [1.807, 2.05) is 20.9 Å². The van der Waals surface area contributed by atoms with E-state index in [2.05, 4.69) is 23.9 Å². The summed E-state index contributed by atoms with van der Waals surface area (Å²) in [5, 5.41) is 12.4. The highest BCUT2D eigenvalue weighted by Gasteiger charge is 2.30. The summed E-state index contributed by atoms with van der Waals surface area (Å²) in [6, 6.07) is 3.51. The van der Waals surface area contributed by atoms with Crippen molar-refractivity contribution in [2.24, 2.45) is 13.0 Å². The summed E-state index contributed by atoms with van der Waals surface area (Å²) in [5.74, 6) is -0.645. The summed E-state index contributed by atoms with van der Waals surface area (Å²) in [4.78, 5) is 3.67. The molecule has 0 bridgehead atoms. The van der Waals surface area contributed by atoms with Gasteiger partial charge in [-0.05, 0) is 38.8 Å². The van der Waals surface area contributed by atoms with Crippen LogP contribution >= 0.6 is 0 Å². The molecule has 1 saturated heterocycles. The van der Waals surface area contributed by atoms with E-state index in [1.54, 1.807) is 17.9 Å². The van der Waals surface area contributed by atoms with E-state index in [9.17, 15) is 8.78 Å². The van der Waals surface area contributed by atoms with Gasteiger partial charge in [0.1, 0.15) is 24.3 Å². The number of aliphatic hydroxyl groups excluding tert-OH is 1. The third-order valence-electron chi connectivity index (χ3n) is 3.42. The second kappa shape index (κ2) is 12.5. The van der Waals surface area contributed by atoms with Crippen LogP contribution in [0, 0.1) is 24.5 Å². The van der Waals surface area contributed by atoms with Gasteiger partial charge in [0, 0.05) is 25.6 Å². The topological polar surface area (TPSA) is 60.2 Å². The maximum Gasteiger partial charge on any atom is 0.137 e. The average Bonchev–Trinajstić information content (AvgIpc) is 3.22. The maximum absolute atomic E-state index is 12.3. The van der Waals surface area contributed by atoms with Crippen LogP contribution in [-0.4, -0.2) is 38.7 Å². The molecule has 26 heavy (non-hydrogen) atoms. The maximum atomic E-state index is 12.3. The monoisotopic (exact) mass is 371 g/mol. The molecule has 0 aliphatic carbocycles. The van der Waals surface area contributed by atoms with E-state index < -0.39 is 11.6 Å². The highest BCUT2D eigenvalue weighted by atomic mass is 19.1. The van der Waals surface area contributed by atoms with Gasteiger partial charge in [-0.15, -0.1) is 0 Å². The summed E-state index contributed by atoms with van der Waals surface area (Å²) in [6.45, 7) is 10.7. The summed E-state index contributed by atoms with van der Waals surface area (Å²) in [7, 11) is 1.83. The number of rotatable bonds is 1. The normalized spacial score (nSPS) is 17.0. The molecule has 1 aliphatic heterocycles. The Balaban J connectivity index is 0.000000350. The van der Waals surface area contributed by atoms with E-state index in [-0.39, 0.29) is 12.2 Å². The molecule has 5 nitrogen and oxygen atoms in total. The van der Waals surface area contributed by atoms with Crippen molar-refractivity contribution in [2.75, 3.05) is 13.2 Å². The number of benzene rings is 1. The molecule has 0 radical (unpaired) electrons. The lowest BCUT2D eigenvalue weighted by atomic mass is 9.99. The quantitative estimate of drug-likeness (QED) is 0.826. The molecule has 1 aromatic heterocycles. The number of ether oxygens (including phenoxy) is 1. The van der Waals surface area contributed by atoms with Crippen LogP contribution in [0.3, 0.4) is 0 Å². The highest BCUT2D eigenvalue weighted by molar-refractivity contribution is 5.16. The SMILES string of the molecule is CC.CC1(C)C[C@H](CO)CO1.Cc1ccc(F)cc1F.Cn1cncn1. The molecule has 1 fully saturated rings. The molecule has 148 valence electrons. The van der Waals surface area contributed by atoms with E-state index in [0.29, 0.717) is 11.5 Å². The zero-order valence-corrected chi connectivity index (χ0v) is 16.5. The van der Waals surface area contributed by atoms with Crippen LogP contribution in [0.5, 0.6) is 0 Å². The first kappa shape index (κ1) is 24.1. The van der Waals surface area contributed by atoms with Gasteiger partial charge in [-0.2, -0.15) is 5.10 Å². The number of aromatic nitrogens is 3. The van der Waals surface area contributed by atoms with E-state index in [4.69, 9.17) is 9.84 Å². The molecular weight excluding hydrogens is 340 g/mol. The summed E-state index contributed by atoms with van der Waals surface area (Å²) in [5.41, 5.74) is 0.476. The Labute approximate surface area is 155 Å². The Hall–Kier alpha value is -1.86. The number of nitrogens with zero attached hydrogens (tertiary/aromatic N) is 3. The molecule has 1 N–H and O–H groups in total. The summed E-state index contributed by atoms with van der Waals surface area (Å²) < 4.78 is 31.5. The summed E-state index contributed by atoms with van der Waals surface area (Å²) >= 11 is 0. The van der Waals surface area contributed by atoms with Crippen molar-refractivity contribution in [3.63, 3.8) is 0 Å². The van der Waals surface area contributed by atoms with Gasteiger partial charge >= 0.3 is 0 Å². The molecule has 1 atom stereocenters. The minimum Gasteiger partial charge on any atom is -0.396 e. The third-order valence-corrected chi connectivity index (χ3v) is 3.42. The van der Waals surface area contributed by atoms with Gasteiger partial charge in [0.25, 0.3) is 0 Å². The van der Waals surface area contributed by atoms with Crippen molar-refractivity contribution in [2.45, 2.75) is 46.6 Å². The third kappa shape index (κ3) is 10.2. The van der Waals surface area contributed by atoms with Gasteiger partial charge in [0.2, 0.25) is 0 Å². The van der Waals surface area contributed by atoms with Gasteiger partial charge in [-0.25, -0.2) is 13.8 Å². The molecule has 0 unspecified atom stereocenters. The van der Waals surface area contributed by atoms with Crippen LogP contribution in [-0.2, 0) is 11.8 Å². The second-order valence-corrected chi connectivity index (χ2v) is 6.29. The molecule has 0 amide bonds. The van der Waals surface area contributed by atoms with Gasteiger partial charge in [-0.1, -0.05) is 19.9 Å². The molecule has 1 aromatic carbocycles. The lowest BCUT2D eigenvalue weighted by Crippen LogP contribution is -2.17. The molecule has 0 spiro atoms. The first-order valence-corrected chi connectivity index (χ1v) is 8.68. The van der Waals surface area contributed by atoms with Crippen LogP contribution < -0.4 is 0 Å². The van der Waals surface area contributed by atoms with Gasteiger partial charge in [0.05, 0.1) is 12.2 Å². The van der Waals surface area contributed by atoms with Crippen LogP contribution in [0.15, 0.2) is 30.9 Å². The fourth-order valence-corrected chi connectivity index (χ4v) is 2.11. The Morgan fingerprint density at radius 2 is 1.96 bits per heavy atom.